The van der Waals surface area contributed by atoms with Crippen LogP contribution in [-0.2, 0) is 4.74 Å². The van der Waals surface area contributed by atoms with E-state index >= 15 is 0 Å². The average Bonchev–Trinajstić information content (AvgIpc) is 2.30. The minimum atomic E-state index is 0.766. The third-order valence-corrected chi connectivity index (χ3v) is 2.52. The van der Waals surface area contributed by atoms with Crippen LogP contribution in [0.25, 0.3) is 0 Å². The molecular weight excluding hydrogens is 224 g/mol. The number of para-hydroxylation sites is 1. The van der Waals surface area contributed by atoms with Crippen LogP contribution in [0.4, 0.5) is 5.69 Å². The Kier molecular flexibility index (Phi) is 6.97. The van der Waals surface area contributed by atoms with Gasteiger partial charge in [-0.1, -0.05) is 23.7 Å². The Balaban J connectivity index is 2.05. The fourth-order valence-electron chi connectivity index (χ4n) is 1.36. The van der Waals surface area contributed by atoms with Gasteiger partial charge in [-0.05, 0) is 25.1 Å². The van der Waals surface area contributed by atoms with Crippen LogP contribution in [-0.4, -0.2) is 33.4 Å². The molecule has 2 N–H and O–H groups in total. The van der Waals surface area contributed by atoms with Crippen LogP contribution in [0.15, 0.2) is 24.3 Å². The number of rotatable bonds is 8. The van der Waals surface area contributed by atoms with Crippen LogP contribution in [0.5, 0.6) is 0 Å². The first-order chi connectivity index (χ1) is 7.84. The molecule has 0 aliphatic heterocycles. The molecule has 0 aromatic heterocycles. The second-order valence-electron chi connectivity index (χ2n) is 3.50. The van der Waals surface area contributed by atoms with Gasteiger partial charge in [-0.15, -0.1) is 0 Å². The number of hydrogen-bond acceptors (Lipinski definition) is 3. The monoisotopic (exact) mass is 242 g/mol. The molecule has 0 spiro atoms. The molecule has 0 heterocycles. The number of methoxy groups -OCH3 is 1. The molecule has 1 aromatic rings. The van der Waals surface area contributed by atoms with Gasteiger partial charge in [0.25, 0.3) is 0 Å². The Morgan fingerprint density at radius 3 is 2.75 bits per heavy atom. The van der Waals surface area contributed by atoms with E-state index in [2.05, 4.69) is 10.6 Å². The molecule has 16 heavy (non-hydrogen) atoms. The van der Waals surface area contributed by atoms with Crippen molar-refractivity contribution < 1.29 is 4.74 Å². The Morgan fingerprint density at radius 1 is 1.19 bits per heavy atom. The molecule has 90 valence electrons. The molecule has 0 aliphatic carbocycles. The maximum Gasteiger partial charge on any atom is 0.0637 e. The van der Waals surface area contributed by atoms with Gasteiger partial charge >= 0.3 is 0 Å². The van der Waals surface area contributed by atoms with Gasteiger partial charge < -0.3 is 15.4 Å². The number of halogens is 1. The fraction of sp³-hybridized carbons (Fsp3) is 0.500. The van der Waals surface area contributed by atoms with Crippen molar-refractivity contribution >= 4 is 17.3 Å². The summed E-state index contributed by atoms with van der Waals surface area (Å²) in [6.45, 7) is 3.59. The highest BCUT2D eigenvalue weighted by atomic mass is 35.5. The van der Waals surface area contributed by atoms with E-state index in [1.165, 1.54) is 0 Å². The molecule has 1 aromatic carbocycles. The molecule has 0 unspecified atom stereocenters. The fourth-order valence-corrected chi connectivity index (χ4v) is 1.56. The van der Waals surface area contributed by atoms with Crippen LogP contribution >= 0.6 is 11.6 Å². The SMILES string of the molecule is COCCCNCCNc1ccccc1Cl. The number of ether oxygens (including phenoxy) is 1. The van der Waals surface area contributed by atoms with E-state index in [0.717, 1.165) is 43.4 Å². The Hall–Kier alpha value is -0.770. The van der Waals surface area contributed by atoms with E-state index in [1.54, 1.807) is 7.11 Å². The van der Waals surface area contributed by atoms with Crippen LogP contribution in [0.3, 0.4) is 0 Å². The van der Waals surface area contributed by atoms with Crippen molar-refractivity contribution in [2.75, 3.05) is 38.7 Å². The summed E-state index contributed by atoms with van der Waals surface area (Å²) in [5, 5.41) is 7.37. The van der Waals surface area contributed by atoms with E-state index in [-0.39, 0.29) is 0 Å². The van der Waals surface area contributed by atoms with Gasteiger partial charge in [0.1, 0.15) is 0 Å². The lowest BCUT2D eigenvalue weighted by molar-refractivity contribution is 0.194. The summed E-state index contributed by atoms with van der Waals surface area (Å²) >= 11 is 6.01. The lowest BCUT2D eigenvalue weighted by atomic mass is 10.3. The van der Waals surface area contributed by atoms with Gasteiger partial charge in [-0.3, -0.25) is 0 Å². The van der Waals surface area contributed by atoms with Crippen molar-refractivity contribution in [1.29, 1.82) is 0 Å². The molecule has 0 atom stereocenters. The number of anilines is 1. The Labute approximate surface area is 102 Å². The number of hydrogen-bond donors (Lipinski definition) is 2. The lowest BCUT2D eigenvalue weighted by Gasteiger charge is -2.08. The summed E-state index contributed by atoms with van der Waals surface area (Å²) in [5.41, 5.74) is 0.989. The first kappa shape index (κ1) is 13.3. The normalized spacial score (nSPS) is 10.4. The topological polar surface area (TPSA) is 33.3 Å². The van der Waals surface area contributed by atoms with E-state index < -0.39 is 0 Å². The smallest absolute Gasteiger partial charge is 0.0637 e. The summed E-state index contributed by atoms with van der Waals surface area (Å²) in [5.74, 6) is 0. The van der Waals surface area contributed by atoms with Crippen molar-refractivity contribution in [2.45, 2.75) is 6.42 Å². The summed E-state index contributed by atoms with van der Waals surface area (Å²) in [4.78, 5) is 0. The second kappa shape index (κ2) is 8.39. The zero-order chi connectivity index (χ0) is 11.6. The third-order valence-electron chi connectivity index (χ3n) is 2.19. The maximum atomic E-state index is 6.01. The van der Waals surface area contributed by atoms with E-state index in [9.17, 15) is 0 Å². The largest absolute Gasteiger partial charge is 0.385 e. The predicted molar refractivity (Wildman–Crippen MR) is 69.3 cm³/mol. The molecule has 4 heteroatoms. The first-order valence-corrected chi connectivity index (χ1v) is 5.90. The van der Waals surface area contributed by atoms with Crippen molar-refractivity contribution in [2.24, 2.45) is 0 Å². The summed E-state index contributed by atoms with van der Waals surface area (Å²) in [6, 6.07) is 7.76. The van der Waals surface area contributed by atoms with Crippen LogP contribution in [0.2, 0.25) is 5.02 Å². The Bertz CT molecular complexity index is 294. The lowest BCUT2D eigenvalue weighted by Crippen LogP contribution is -2.23. The predicted octanol–water partition coefficient (Wildman–Crippen LogP) is 2.38. The Morgan fingerprint density at radius 2 is 2.00 bits per heavy atom. The molecule has 1 rings (SSSR count). The van der Waals surface area contributed by atoms with Gasteiger partial charge in [-0.2, -0.15) is 0 Å². The summed E-state index contributed by atoms with van der Waals surface area (Å²) < 4.78 is 4.96. The molecule has 3 nitrogen and oxygen atoms in total. The third kappa shape index (κ3) is 5.35. The quantitative estimate of drug-likeness (QED) is 0.687. The molecular formula is C12H19ClN2O. The highest BCUT2D eigenvalue weighted by Gasteiger charge is 1.96. The van der Waals surface area contributed by atoms with Crippen molar-refractivity contribution in [3.05, 3.63) is 29.3 Å². The number of nitrogens with one attached hydrogen (secondary N) is 2. The van der Waals surface area contributed by atoms with Gasteiger partial charge in [-0.25, -0.2) is 0 Å². The zero-order valence-corrected chi connectivity index (χ0v) is 10.4. The standard InChI is InChI=1S/C12H19ClN2O/c1-16-10-4-7-14-8-9-15-12-6-3-2-5-11(12)13/h2-3,5-6,14-15H,4,7-10H2,1H3. The van der Waals surface area contributed by atoms with Crippen LogP contribution in [0, 0.1) is 0 Å². The highest BCUT2D eigenvalue weighted by Crippen LogP contribution is 2.19. The minimum Gasteiger partial charge on any atom is -0.385 e. The second-order valence-corrected chi connectivity index (χ2v) is 3.91. The van der Waals surface area contributed by atoms with Crippen molar-refractivity contribution in [3.8, 4) is 0 Å². The summed E-state index contributed by atoms with van der Waals surface area (Å²) in [6.07, 6.45) is 1.04. The molecule has 0 aliphatic rings. The van der Waals surface area contributed by atoms with E-state index in [1.807, 2.05) is 24.3 Å². The van der Waals surface area contributed by atoms with E-state index in [0.29, 0.717) is 0 Å². The van der Waals surface area contributed by atoms with Crippen molar-refractivity contribution in [3.63, 3.8) is 0 Å². The molecule has 0 bridgehead atoms. The molecule has 0 saturated heterocycles. The maximum absolute atomic E-state index is 6.01. The molecule has 0 amide bonds. The average molecular weight is 243 g/mol. The van der Waals surface area contributed by atoms with E-state index in [4.69, 9.17) is 16.3 Å². The molecule has 0 radical (unpaired) electrons. The van der Waals surface area contributed by atoms with Gasteiger partial charge in [0.15, 0.2) is 0 Å². The highest BCUT2D eigenvalue weighted by molar-refractivity contribution is 6.33. The van der Waals surface area contributed by atoms with Crippen LogP contribution < -0.4 is 10.6 Å². The van der Waals surface area contributed by atoms with Gasteiger partial charge in [0.05, 0.1) is 10.7 Å². The number of benzene rings is 1. The van der Waals surface area contributed by atoms with Gasteiger partial charge in [0.2, 0.25) is 0 Å². The first-order valence-electron chi connectivity index (χ1n) is 5.52. The summed E-state index contributed by atoms with van der Waals surface area (Å²) in [7, 11) is 1.72. The minimum absolute atomic E-state index is 0.766. The van der Waals surface area contributed by atoms with Crippen LogP contribution in [0.1, 0.15) is 6.42 Å². The van der Waals surface area contributed by atoms with Gasteiger partial charge in [0, 0.05) is 26.8 Å². The molecule has 0 saturated carbocycles. The zero-order valence-electron chi connectivity index (χ0n) is 9.63. The van der Waals surface area contributed by atoms with Crippen molar-refractivity contribution in [1.82, 2.24) is 5.32 Å². The molecule has 0 fully saturated rings.